The van der Waals surface area contributed by atoms with Crippen molar-refractivity contribution < 1.29 is 9.90 Å². The summed E-state index contributed by atoms with van der Waals surface area (Å²) in [6.07, 6.45) is 4.24. The van der Waals surface area contributed by atoms with Crippen molar-refractivity contribution in [2.24, 2.45) is 15.0 Å². The van der Waals surface area contributed by atoms with E-state index in [4.69, 9.17) is 5.11 Å². The molecule has 0 aliphatic carbocycles. The minimum atomic E-state index is -0.283. The molecule has 1 unspecified atom stereocenters. The topological polar surface area (TPSA) is 98.4 Å². The maximum Gasteiger partial charge on any atom is 0.320 e. The number of carbonyl (C=O) groups is 1. The number of aliphatic hydroxyl groups excluding tert-OH is 1. The molecule has 7 nitrogen and oxygen atoms in total. The molecule has 1 aromatic carbocycles. The summed E-state index contributed by atoms with van der Waals surface area (Å²) in [5, 5.41) is 14.5. The molecular formula is C17H19N5O2. The highest BCUT2D eigenvalue weighted by Gasteiger charge is 2.23. The summed E-state index contributed by atoms with van der Waals surface area (Å²) in [4.78, 5) is 25.1. The molecule has 0 spiro atoms. The molecule has 1 atom stereocenters. The first kappa shape index (κ1) is 16.1. The quantitative estimate of drug-likeness (QED) is 0.779. The fraction of sp³-hybridized carbons (Fsp3) is 0.294. The number of amidine groups is 1. The molecule has 0 aromatic heterocycles. The number of hydrogen-bond acceptors (Lipinski definition) is 5. The molecular weight excluding hydrogens is 306 g/mol. The Kier molecular flexibility index (Phi) is 4.81. The van der Waals surface area contributed by atoms with Crippen molar-refractivity contribution in [3.8, 4) is 0 Å². The maximum atomic E-state index is 11.6. The van der Waals surface area contributed by atoms with Gasteiger partial charge in [-0.2, -0.15) is 0 Å². The van der Waals surface area contributed by atoms with Gasteiger partial charge in [0.25, 0.3) is 0 Å². The third-order valence-electron chi connectivity index (χ3n) is 3.69. The Morgan fingerprint density at radius 3 is 2.79 bits per heavy atom. The van der Waals surface area contributed by atoms with Gasteiger partial charge in [-0.25, -0.2) is 14.8 Å². The van der Waals surface area contributed by atoms with Crippen LogP contribution in [0, 0.1) is 0 Å². The zero-order valence-electron chi connectivity index (χ0n) is 13.4. The maximum absolute atomic E-state index is 11.6. The Morgan fingerprint density at radius 2 is 2.08 bits per heavy atom. The number of aliphatic hydroxyl groups is 1. The highest BCUT2D eigenvalue weighted by molar-refractivity contribution is 6.41. The lowest BCUT2D eigenvalue weighted by Crippen LogP contribution is -2.36. The van der Waals surface area contributed by atoms with E-state index in [1.807, 2.05) is 37.3 Å². The van der Waals surface area contributed by atoms with E-state index in [2.05, 4.69) is 25.6 Å². The molecule has 0 saturated carbocycles. The monoisotopic (exact) mass is 325 g/mol. The minimum Gasteiger partial charge on any atom is -0.392 e. The van der Waals surface area contributed by atoms with Gasteiger partial charge < -0.3 is 10.4 Å². The van der Waals surface area contributed by atoms with Gasteiger partial charge in [0.1, 0.15) is 11.9 Å². The molecule has 2 aliphatic heterocycles. The Bertz CT molecular complexity index is 747. The van der Waals surface area contributed by atoms with E-state index >= 15 is 0 Å². The van der Waals surface area contributed by atoms with E-state index in [0.29, 0.717) is 30.3 Å². The van der Waals surface area contributed by atoms with Crippen LogP contribution in [0.3, 0.4) is 0 Å². The van der Waals surface area contributed by atoms with Crippen LogP contribution in [0.15, 0.2) is 51.1 Å². The average molecular weight is 325 g/mol. The fourth-order valence-corrected chi connectivity index (χ4v) is 2.43. The van der Waals surface area contributed by atoms with Crippen LogP contribution in [-0.2, 0) is 6.61 Å². The second-order valence-electron chi connectivity index (χ2n) is 5.43. The van der Waals surface area contributed by atoms with Gasteiger partial charge >= 0.3 is 6.03 Å². The van der Waals surface area contributed by atoms with Crippen molar-refractivity contribution in [2.45, 2.75) is 26.0 Å². The molecule has 0 fully saturated rings. The summed E-state index contributed by atoms with van der Waals surface area (Å²) in [6.45, 7) is 2.41. The van der Waals surface area contributed by atoms with E-state index < -0.39 is 0 Å². The number of benzene rings is 1. The summed E-state index contributed by atoms with van der Waals surface area (Å²) in [6, 6.07) is 7.10. The largest absolute Gasteiger partial charge is 0.392 e. The van der Waals surface area contributed by atoms with Gasteiger partial charge in [-0.3, -0.25) is 10.3 Å². The van der Waals surface area contributed by atoms with Crippen LogP contribution < -0.4 is 10.6 Å². The third kappa shape index (κ3) is 3.57. The van der Waals surface area contributed by atoms with Crippen molar-refractivity contribution >= 4 is 23.8 Å². The lowest BCUT2D eigenvalue weighted by molar-refractivity contribution is 0.243. The third-order valence-corrected chi connectivity index (χ3v) is 3.69. The van der Waals surface area contributed by atoms with Crippen molar-refractivity contribution in [1.82, 2.24) is 10.6 Å². The molecule has 0 bridgehead atoms. The Balaban J connectivity index is 1.79. The van der Waals surface area contributed by atoms with Gasteiger partial charge in [-0.1, -0.05) is 24.3 Å². The van der Waals surface area contributed by atoms with Crippen LogP contribution in [0.1, 0.15) is 24.5 Å². The number of aliphatic imine (C=N–C) groups is 3. The smallest absolute Gasteiger partial charge is 0.320 e. The molecule has 2 amide bonds. The second-order valence-corrected chi connectivity index (χ2v) is 5.43. The van der Waals surface area contributed by atoms with Crippen molar-refractivity contribution in [1.29, 1.82) is 0 Å². The highest BCUT2D eigenvalue weighted by atomic mass is 16.3. The number of nitrogens with zero attached hydrogens (tertiary/aromatic N) is 3. The Morgan fingerprint density at radius 1 is 1.29 bits per heavy atom. The van der Waals surface area contributed by atoms with Gasteiger partial charge in [-0.15, -0.1) is 0 Å². The van der Waals surface area contributed by atoms with Crippen LogP contribution in [-0.4, -0.2) is 41.5 Å². The molecule has 0 radical (unpaired) electrons. The number of rotatable bonds is 4. The summed E-state index contributed by atoms with van der Waals surface area (Å²) >= 11 is 0. The van der Waals surface area contributed by atoms with Crippen LogP contribution >= 0.6 is 0 Å². The minimum absolute atomic E-state index is 0.00920. The second kappa shape index (κ2) is 7.18. The Hall–Kier alpha value is -2.80. The zero-order valence-corrected chi connectivity index (χ0v) is 13.4. The Labute approximate surface area is 139 Å². The number of fused-ring (bicyclic) bond motifs is 1. The molecule has 0 saturated heterocycles. The molecule has 24 heavy (non-hydrogen) atoms. The molecule has 2 heterocycles. The van der Waals surface area contributed by atoms with E-state index in [1.165, 1.54) is 0 Å². The molecule has 3 rings (SSSR count). The van der Waals surface area contributed by atoms with E-state index in [1.54, 1.807) is 6.21 Å². The van der Waals surface area contributed by atoms with E-state index in [9.17, 15) is 4.79 Å². The molecule has 2 aliphatic rings. The predicted octanol–water partition coefficient (Wildman–Crippen LogP) is 1.38. The first-order valence-corrected chi connectivity index (χ1v) is 7.85. The summed E-state index contributed by atoms with van der Waals surface area (Å²) in [7, 11) is 0. The summed E-state index contributed by atoms with van der Waals surface area (Å²) in [5.41, 5.74) is 2.47. The standard InChI is InChI=1S/C17H19N5O2/c1-2-18-17(24)22-15-8-7-13-16(21-15)20-14(9-19-13)12-5-3-11(10-23)4-6-12/h3-6,8-9,13,23H,2,7,10H2,1H3,(H2,18,22,24). The van der Waals surface area contributed by atoms with E-state index in [0.717, 1.165) is 11.1 Å². The number of amides is 2. The summed E-state index contributed by atoms with van der Waals surface area (Å²) < 4.78 is 0. The van der Waals surface area contributed by atoms with Crippen LogP contribution in [0.2, 0.25) is 0 Å². The summed E-state index contributed by atoms with van der Waals surface area (Å²) in [5.74, 6) is 1.08. The molecule has 124 valence electrons. The normalized spacial score (nSPS) is 18.9. The number of carbonyl (C=O) groups excluding carboxylic acids is 1. The fourth-order valence-electron chi connectivity index (χ4n) is 2.43. The number of nitrogens with one attached hydrogen (secondary N) is 2. The predicted molar refractivity (Wildman–Crippen MR) is 93.5 cm³/mol. The first-order valence-electron chi connectivity index (χ1n) is 7.85. The van der Waals surface area contributed by atoms with E-state index in [-0.39, 0.29) is 18.7 Å². The van der Waals surface area contributed by atoms with Gasteiger partial charge in [0.15, 0.2) is 5.84 Å². The van der Waals surface area contributed by atoms with Crippen LogP contribution in [0.4, 0.5) is 4.79 Å². The SMILES string of the molecule is CCNC(=O)NC1=CCC2N=CC(c3ccc(CO)cc3)=NC2=N1. The van der Waals surface area contributed by atoms with Gasteiger partial charge in [0.05, 0.1) is 12.3 Å². The highest BCUT2D eigenvalue weighted by Crippen LogP contribution is 2.18. The molecule has 3 N–H and O–H groups in total. The van der Waals surface area contributed by atoms with Crippen LogP contribution in [0.25, 0.3) is 0 Å². The van der Waals surface area contributed by atoms with Crippen molar-refractivity contribution in [3.05, 3.63) is 47.3 Å². The first-order chi connectivity index (χ1) is 11.7. The number of hydrogen-bond donors (Lipinski definition) is 3. The van der Waals surface area contributed by atoms with Gasteiger partial charge in [0.2, 0.25) is 0 Å². The number of urea groups is 1. The van der Waals surface area contributed by atoms with Gasteiger partial charge in [-0.05, 0) is 25.0 Å². The lowest BCUT2D eigenvalue weighted by atomic mass is 10.1. The average Bonchev–Trinajstić information content (AvgIpc) is 2.61. The van der Waals surface area contributed by atoms with Gasteiger partial charge in [0, 0.05) is 18.3 Å². The van der Waals surface area contributed by atoms with Crippen molar-refractivity contribution in [2.75, 3.05) is 6.54 Å². The zero-order chi connectivity index (χ0) is 16.9. The lowest BCUT2D eigenvalue weighted by Gasteiger charge is -2.20. The molecule has 7 heteroatoms. The molecule has 1 aromatic rings. The van der Waals surface area contributed by atoms with Crippen LogP contribution in [0.5, 0.6) is 0 Å². The van der Waals surface area contributed by atoms with Crippen molar-refractivity contribution in [3.63, 3.8) is 0 Å².